The molecule has 0 bridgehead atoms. The summed E-state index contributed by atoms with van der Waals surface area (Å²) in [6.07, 6.45) is 6.25. The van der Waals surface area contributed by atoms with E-state index in [-0.39, 0.29) is 5.91 Å². The number of amides is 1. The highest BCUT2D eigenvalue weighted by Gasteiger charge is 2.42. The fourth-order valence-corrected chi connectivity index (χ4v) is 4.17. The first-order valence-electron chi connectivity index (χ1n) is 7.98. The SMILES string of the molecule is CC1C2CNCC2CN1CC(=O)NC1CCCCC1. The van der Waals surface area contributed by atoms with E-state index in [4.69, 9.17) is 0 Å². The van der Waals surface area contributed by atoms with Crippen molar-refractivity contribution in [1.29, 1.82) is 0 Å². The van der Waals surface area contributed by atoms with Gasteiger partial charge in [0.1, 0.15) is 0 Å². The summed E-state index contributed by atoms with van der Waals surface area (Å²) < 4.78 is 0. The van der Waals surface area contributed by atoms with Crippen molar-refractivity contribution in [2.45, 2.75) is 51.1 Å². The van der Waals surface area contributed by atoms with Crippen LogP contribution in [0.3, 0.4) is 0 Å². The van der Waals surface area contributed by atoms with Gasteiger partial charge in [-0.1, -0.05) is 19.3 Å². The molecule has 2 N–H and O–H groups in total. The van der Waals surface area contributed by atoms with Crippen LogP contribution in [0.25, 0.3) is 0 Å². The van der Waals surface area contributed by atoms with Crippen LogP contribution in [0.4, 0.5) is 0 Å². The Bertz CT molecular complexity index is 327. The predicted molar refractivity (Wildman–Crippen MR) is 75.9 cm³/mol. The third kappa shape index (κ3) is 2.95. The van der Waals surface area contributed by atoms with Gasteiger partial charge in [0.05, 0.1) is 6.54 Å². The van der Waals surface area contributed by atoms with Crippen molar-refractivity contribution >= 4 is 5.91 Å². The van der Waals surface area contributed by atoms with E-state index in [0.717, 1.165) is 31.5 Å². The Kier molecular flexibility index (Phi) is 4.08. The van der Waals surface area contributed by atoms with Crippen LogP contribution < -0.4 is 10.6 Å². The van der Waals surface area contributed by atoms with E-state index in [2.05, 4.69) is 22.5 Å². The van der Waals surface area contributed by atoms with Gasteiger partial charge in [-0.3, -0.25) is 9.69 Å². The van der Waals surface area contributed by atoms with Crippen molar-refractivity contribution in [3.8, 4) is 0 Å². The van der Waals surface area contributed by atoms with Gasteiger partial charge >= 0.3 is 0 Å². The molecular formula is C15H27N3O. The van der Waals surface area contributed by atoms with Gasteiger partial charge in [0.15, 0.2) is 0 Å². The monoisotopic (exact) mass is 265 g/mol. The molecule has 0 aromatic carbocycles. The number of hydrogen-bond acceptors (Lipinski definition) is 3. The van der Waals surface area contributed by atoms with E-state index in [9.17, 15) is 4.79 Å². The minimum absolute atomic E-state index is 0.242. The summed E-state index contributed by atoms with van der Waals surface area (Å²) in [5, 5.41) is 6.70. The van der Waals surface area contributed by atoms with Crippen molar-refractivity contribution in [3.05, 3.63) is 0 Å². The lowest BCUT2D eigenvalue weighted by molar-refractivity contribution is -0.123. The minimum Gasteiger partial charge on any atom is -0.352 e. The molecule has 3 rings (SSSR count). The van der Waals surface area contributed by atoms with Crippen LogP contribution >= 0.6 is 0 Å². The van der Waals surface area contributed by atoms with Gasteiger partial charge in [-0.15, -0.1) is 0 Å². The van der Waals surface area contributed by atoms with Gasteiger partial charge in [0.2, 0.25) is 5.91 Å². The lowest BCUT2D eigenvalue weighted by Crippen LogP contribution is -2.45. The molecule has 3 aliphatic rings. The van der Waals surface area contributed by atoms with E-state index in [1.165, 1.54) is 32.1 Å². The minimum atomic E-state index is 0.242. The molecular weight excluding hydrogens is 238 g/mol. The Morgan fingerprint density at radius 3 is 2.79 bits per heavy atom. The fraction of sp³-hybridized carbons (Fsp3) is 0.933. The molecule has 2 heterocycles. The standard InChI is InChI=1S/C15H27N3O/c1-11-14-8-16-7-12(14)9-18(11)10-15(19)17-13-5-3-2-4-6-13/h11-14,16H,2-10H2,1H3,(H,17,19). The Hall–Kier alpha value is -0.610. The molecule has 1 amide bonds. The summed E-state index contributed by atoms with van der Waals surface area (Å²) in [6.45, 7) is 6.25. The zero-order chi connectivity index (χ0) is 13.2. The molecule has 2 aliphatic heterocycles. The average Bonchev–Trinajstić information content (AvgIpc) is 2.96. The summed E-state index contributed by atoms with van der Waals surface area (Å²) in [5.74, 6) is 1.76. The fourth-order valence-electron chi connectivity index (χ4n) is 4.17. The van der Waals surface area contributed by atoms with E-state index in [1.54, 1.807) is 0 Å². The molecule has 3 atom stereocenters. The predicted octanol–water partition coefficient (Wildman–Crippen LogP) is 0.975. The van der Waals surface area contributed by atoms with Crippen LogP contribution in [0, 0.1) is 11.8 Å². The van der Waals surface area contributed by atoms with Crippen molar-refractivity contribution in [2.75, 3.05) is 26.2 Å². The third-order valence-corrected chi connectivity index (χ3v) is 5.37. The molecule has 0 aromatic heterocycles. The second kappa shape index (κ2) is 5.80. The van der Waals surface area contributed by atoms with Crippen LogP contribution in [0.15, 0.2) is 0 Å². The van der Waals surface area contributed by atoms with Crippen LogP contribution in [-0.2, 0) is 4.79 Å². The van der Waals surface area contributed by atoms with Crippen LogP contribution in [0.1, 0.15) is 39.0 Å². The highest BCUT2D eigenvalue weighted by molar-refractivity contribution is 5.78. The second-order valence-electron chi connectivity index (χ2n) is 6.65. The van der Waals surface area contributed by atoms with Gasteiger partial charge in [-0.2, -0.15) is 0 Å². The first-order valence-corrected chi connectivity index (χ1v) is 7.98. The van der Waals surface area contributed by atoms with Crippen molar-refractivity contribution in [2.24, 2.45) is 11.8 Å². The third-order valence-electron chi connectivity index (χ3n) is 5.37. The van der Waals surface area contributed by atoms with E-state index in [1.807, 2.05) is 0 Å². The largest absolute Gasteiger partial charge is 0.352 e. The van der Waals surface area contributed by atoms with E-state index in [0.29, 0.717) is 18.6 Å². The van der Waals surface area contributed by atoms with E-state index >= 15 is 0 Å². The molecule has 2 saturated heterocycles. The maximum absolute atomic E-state index is 12.2. The van der Waals surface area contributed by atoms with Gasteiger partial charge in [0, 0.05) is 18.6 Å². The van der Waals surface area contributed by atoms with Gasteiger partial charge in [0.25, 0.3) is 0 Å². The second-order valence-corrected chi connectivity index (χ2v) is 6.65. The summed E-state index contributed by atoms with van der Waals surface area (Å²) >= 11 is 0. The summed E-state index contributed by atoms with van der Waals surface area (Å²) in [4.78, 5) is 14.5. The maximum Gasteiger partial charge on any atom is 0.234 e. The zero-order valence-electron chi connectivity index (χ0n) is 12.0. The summed E-state index contributed by atoms with van der Waals surface area (Å²) in [6, 6.07) is 0.998. The Morgan fingerprint density at radius 2 is 2.05 bits per heavy atom. The summed E-state index contributed by atoms with van der Waals surface area (Å²) in [5.41, 5.74) is 0. The summed E-state index contributed by atoms with van der Waals surface area (Å²) in [7, 11) is 0. The van der Waals surface area contributed by atoms with Crippen molar-refractivity contribution < 1.29 is 4.79 Å². The highest BCUT2D eigenvalue weighted by atomic mass is 16.2. The van der Waals surface area contributed by atoms with Crippen LogP contribution in [0.5, 0.6) is 0 Å². The van der Waals surface area contributed by atoms with Gasteiger partial charge < -0.3 is 10.6 Å². The smallest absolute Gasteiger partial charge is 0.234 e. The highest BCUT2D eigenvalue weighted by Crippen LogP contribution is 2.31. The number of nitrogens with zero attached hydrogens (tertiary/aromatic N) is 1. The molecule has 19 heavy (non-hydrogen) atoms. The molecule has 4 nitrogen and oxygen atoms in total. The van der Waals surface area contributed by atoms with Crippen molar-refractivity contribution in [3.63, 3.8) is 0 Å². The molecule has 3 fully saturated rings. The van der Waals surface area contributed by atoms with Crippen molar-refractivity contribution in [1.82, 2.24) is 15.5 Å². The maximum atomic E-state index is 12.2. The molecule has 4 heteroatoms. The topological polar surface area (TPSA) is 44.4 Å². The number of hydrogen-bond donors (Lipinski definition) is 2. The lowest BCUT2D eigenvalue weighted by Gasteiger charge is -2.27. The zero-order valence-corrected chi connectivity index (χ0v) is 12.0. The molecule has 108 valence electrons. The van der Waals surface area contributed by atoms with Crippen LogP contribution in [-0.4, -0.2) is 49.1 Å². The van der Waals surface area contributed by atoms with Crippen LogP contribution in [0.2, 0.25) is 0 Å². The number of fused-ring (bicyclic) bond motifs is 1. The number of carbonyl (C=O) groups excluding carboxylic acids is 1. The Balaban J connectivity index is 1.47. The lowest BCUT2D eigenvalue weighted by atomic mass is 9.95. The Morgan fingerprint density at radius 1 is 1.26 bits per heavy atom. The first-order chi connectivity index (χ1) is 9.24. The van der Waals surface area contributed by atoms with Gasteiger partial charge in [-0.25, -0.2) is 0 Å². The number of rotatable bonds is 3. The average molecular weight is 265 g/mol. The number of carbonyl (C=O) groups is 1. The molecule has 1 aliphatic carbocycles. The number of likely N-dealkylation sites (tertiary alicyclic amines) is 1. The normalized spacial score (nSPS) is 36.4. The first kappa shape index (κ1) is 13.4. The quantitative estimate of drug-likeness (QED) is 0.799. The van der Waals surface area contributed by atoms with Gasteiger partial charge in [-0.05, 0) is 44.7 Å². The molecule has 0 radical (unpaired) electrons. The Labute approximate surface area is 116 Å². The molecule has 1 saturated carbocycles. The molecule has 0 aromatic rings. The van der Waals surface area contributed by atoms with E-state index < -0.39 is 0 Å². The molecule has 3 unspecified atom stereocenters. The molecule has 0 spiro atoms. The number of nitrogens with one attached hydrogen (secondary N) is 2.